The van der Waals surface area contributed by atoms with Gasteiger partial charge in [0.05, 0.1) is 16.8 Å². The van der Waals surface area contributed by atoms with Gasteiger partial charge in [-0.15, -0.1) is 0 Å². The van der Waals surface area contributed by atoms with Crippen LogP contribution in [0.3, 0.4) is 0 Å². The van der Waals surface area contributed by atoms with E-state index in [2.05, 4.69) is 6.07 Å². The summed E-state index contributed by atoms with van der Waals surface area (Å²) in [5, 5.41) is 19.3. The van der Waals surface area contributed by atoms with Gasteiger partial charge in [0.1, 0.15) is 18.4 Å². The summed E-state index contributed by atoms with van der Waals surface area (Å²) in [4.78, 5) is 28.5. The first-order chi connectivity index (χ1) is 12.4. The van der Waals surface area contributed by atoms with Crippen LogP contribution in [0.15, 0.2) is 42.5 Å². The largest absolute Gasteiger partial charge is 0.507 e. The number of para-hydroxylation sites is 1. The molecule has 0 saturated carbocycles. The molecule has 0 bridgehead atoms. The second kappa shape index (κ2) is 6.89. The summed E-state index contributed by atoms with van der Waals surface area (Å²) in [5.41, 5.74) is 2.00. The Morgan fingerprint density at radius 2 is 2.00 bits per heavy atom. The normalized spacial score (nSPS) is 17.1. The van der Waals surface area contributed by atoms with E-state index in [0.717, 1.165) is 5.56 Å². The van der Waals surface area contributed by atoms with Crippen LogP contribution in [0.5, 0.6) is 5.75 Å². The number of benzene rings is 2. The summed E-state index contributed by atoms with van der Waals surface area (Å²) in [6.07, 6.45) is 0. The Labute approximate surface area is 151 Å². The van der Waals surface area contributed by atoms with E-state index in [1.165, 1.54) is 11.0 Å². The number of aromatic hydroxyl groups is 1. The fraction of sp³-hybridized carbons (Fsp3) is 0.250. The monoisotopic (exact) mass is 349 g/mol. The summed E-state index contributed by atoms with van der Waals surface area (Å²) >= 11 is 0. The van der Waals surface area contributed by atoms with Gasteiger partial charge in [-0.25, -0.2) is 0 Å². The Morgan fingerprint density at radius 1 is 1.27 bits per heavy atom. The highest BCUT2D eigenvalue weighted by Crippen LogP contribution is 2.26. The van der Waals surface area contributed by atoms with E-state index >= 15 is 0 Å². The SMILES string of the molecule is Cc1ccc(C(=O)N2CC(=O)N(c3ccccc3C#N)C[C@@H]2C)c(O)c1. The molecule has 1 saturated heterocycles. The van der Waals surface area contributed by atoms with Gasteiger partial charge >= 0.3 is 0 Å². The maximum Gasteiger partial charge on any atom is 0.258 e. The predicted molar refractivity (Wildman–Crippen MR) is 96.9 cm³/mol. The smallest absolute Gasteiger partial charge is 0.258 e. The highest BCUT2D eigenvalue weighted by Gasteiger charge is 2.35. The Morgan fingerprint density at radius 3 is 2.69 bits per heavy atom. The summed E-state index contributed by atoms with van der Waals surface area (Å²) in [6, 6.07) is 13.6. The molecule has 6 heteroatoms. The number of carbonyl (C=O) groups excluding carboxylic acids is 2. The molecule has 2 aromatic rings. The minimum atomic E-state index is -0.378. The van der Waals surface area contributed by atoms with E-state index in [1.54, 1.807) is 41.3 Å². The average Bonchev–Trinajstić information content (AvgIpc) is 2.62. The Kier molecular flexibility index (Phi) is 4.63. The number of amides is 2. The molecule has 132 valence electrons. The minimum Gasteiger partial charge on any atom is -0.507 e. The molecule has 6 nitrogen and oxygen atoms in total. The molecule has 1 fully saturated rings. The molecule has 1 aliphatic heterocycles. The number of aryl methyl sites for hydroxylation is 1. The molecular formula is C20H19N3O3. The Balaban J connectivity index is 1.86. The van der Waals surface area contributed by atoms with Crippen molar-refractivity contribution < 1.29 is 14.7 Å². The topological polar surface area (TPSA) is 84.6 Å². The lowest BCUT2D eigenvalue weighted by Crippen LogP contribution is -2.57. The van der Waals surface area contributed by atoms with E-state index < -0.39 is 0 Å². The number of phenolic OH excluding ortho intramolecular Hbond substituents is 1. The number of anilines is 1. The van der Waals surface area contributed by atoms with Crippen LogP contribution in [-0.2, 0) is 4.79 Å². The van der Waals surface area contributed by atoms with E-state index in [-0.39, 0.29) is 42.3 Å². The number of phenols is 1. The van der Waals surface area contributed by atoms with Crippen molar-refractivity contribution in [1.82, 2.24) is 4.90 Å². The molecule has 3 rings (SSSR count). The molecule has 26 heavy (non-hydrogen) atoms. The Hall–Kier alpha value is -3.33. The first-order valence-electron chi connectivity index (χ1n) is 8.32. The summed E-state index contributed by atoms with van der Waals surface area (Å²) < 4.78 is 0. The van der Waals surface area contributed by atoms with Crippen LogP contribution in [0.2, 0.25) is 0 Å². The summed E-state index contributed by atoms with van der Waals surface area (Å²) in [7, 11) is 0. The first kappa shape index (κ1) is 17.5. The third kappa shape index (κ3) is 3.11. The van der Waals surface area contributed by atoms with Crippen LogP contribution in [0, 0.1) is 18.3 Å². The quantitative estimate of drug-likeness (QED) is 0.902. The van der Waals surface area contributed by atoms with Gasteiger partial charge in [-0.2, -0.15) is 5.26 Å². The van der Waals surface area contributed by atoms with Crippen molar-refractivity contribution in [2.45, 2.75) is 19.9 Å². The van der Waals surface area contributed by atoms with Crippen molar-refractivity contribution in [2.24, 2.45) is 0 Å². The summed E-state index contributed by atoms with van der Waals surface area (Å²) in [6.45, 7) is 3.85. The van der Waals surface area contributed by atoms with E-state index in [0.29, 0.717) is 11.3 Å². The second-order valence-electron chi connectivity index (χ2n) is 6.44. The minimum absolute atomic E-state index is 0.0908. The van der Waals surface area contributed by atoms with Crippen LogP contribution in [-0.4, -0.2) is 41.0 Å². The van der Waals surface area contributed by atoms with Crippen LogP contribution >= 0.6 is 0 Å². The summed E-state index contributed by atoms with van der Waals surface area (Å²) in [5.74, 6) is -0.728. The molecule has 2 aromatic carbocycles. The zero-order valence-corrected chi connectivity index (χ0v) is 14.6. The number of hydrogen-bond acceptors (Lipinski definition) is 4. The first-order valence-corrected chi connectivity index (χ1v) is 8.32. The van der Waals surface area contributed by atoms with Crippen molar-refractivity contribution >= 4 is 17.5 Å². The van der Waals surface area contributed by atoms with Crippen LogP contribution in [0.25, 0.3) is 0 Å². The highest BCUT2D eigenvalue weighted by atomic mass is 16.3. The molecule has 1 heterocycles. The van der Waals surface area contributed by atoms with E-state index in [4.69, 9.17) is 0 Å². The van der Waals surface area contributed by atoms with Crippen molar-refractivity contribution in [3.8, 4) is 11.8 Å². The van der Waals surface area contributed by atoms with E-state index in [1.807, 2.05) is 13.8 Å². The molecular weight excluding hydrogens is 330 g/mol. The molecule has 0 aromatic heterocycles. The highest BCUT2D eigenvalue weighted by molar-refractivity contribution is 6.03. The van der Waals surface area contributed by atoms with Gasteiger partial charge in [-0.05, 0) is 43.7 Å². The van der Waals surface area contributed by atoms with Gasteiger partial charge in [0.15, 0.2) is 0 Å². The average molecular weight is 349 g/mol. The van der Waals surface area contributed by atoms with Gasteiger partial charge in [0.25, 0.3) is 5.91 Å². The Bertz CT molecular complexity index is 917. The number of nitrogens with zero attached hydrogens (tertiary/aromatic N) is 3. The number of piperazine rings is 1. The molecule has 1 N–H and O–H groups in total. The number of carbonyl (C=O) groups is 2. The number of rotatable bonds is 2. The maximum atomic E-state index is 12.8. The molecule has 0 aliphatic carbocycles. The standard InChI is InChI=1S/C20H19N3O3/c1-13-7-8-16(18(24)9-13)20(26)22-12-19(25)23(11-14(22)2)17-6-4-3-5-15(17)10-21/h3-9,14,24H,11-12H2,1-2H3/t14-/m0/s1. The van der Waals surface area contributed by atoms with Gasteiger partial charge < -0.3 is 14.9 Å². The van der Waals surface area contributed by atoms with Crippen molar-refractivity contribution in [2.75, 3.05) is 18.0 Å². The lowest BCUT2D eigenvalue weighted by atomic mass is 10.1. The van der Waals surface area contributed by atoms with Crippen molar-refractivity contribution in [3.05, 3.63) is 59.2 Å². The van der Waals surface area contributed by atoms with Crippen LogP contribution in [0.1, 0.15) is 28.4 Å². The number of nitriles is 1. The molecule has 1 atom stereocenters. The van der Waals surface area contributed by atoms with Gasteiger partial charge in [0, 0.05) is 12.6 Å². The zero-order chi connectivity index (χ0) is 18.8. The van der Waals surface area contributed by atoms with Crippen molar-refractivity contribution in [1.29, 1.82) is 5.26 Å². The van der Waals surface area contributed by atoms with Gasteiger partial charge in [-0.3, -0.25) is 9.59 Å². The second-order valence-corrected chi connectivity index (χ2v) is 6.44. The fourth-order valence-corrected chi connectivity index (χ4v) is 3.14. The van der Waals surface area contributed by atoms with Crippen LogP contribution < -0.4 is 4.90 Å². The van der Waals surface area contributed by atoms with Crippen LogP contribution in [0.4, 0.5) is 5.69 Å². The molecule has 0 unspecified atom stereocenters. The molecule has 0 spiro atoms. The number of hydrogen-bond donors (Lipinski definition) is 1. The zero-order valence-electron chi connectivity index (χ0n) is 14.6. The van der Waals surface area contributed by atoms with Gasteiger partial charge in [-0.1, -0.05) is 18.2 Å². The predicted octanol–water partition coefficient (Wildman–Crippen LogP) is 2.45. The molecule has 0 radical (unpaired) electrons. The maximum absolute atomic E-state index is 12.8. The van der Waals surface area contributed by atoms with E-state index in [9.17, 15) is 20.0 Å². The lowest BCUT2D eigenvalue weighted by molar-refractivity contribution is -0.121. The van der Waals surface area contributed by atoms with Crippen molar-refractivity contribution in [3.63, 3.8) is 0 Å². The molecule has 2 amide bonds. The fourth-order valence-electron chi connectivity index (χ4n) is 3.14. The third-order valence-corrected chi connectivity index (χ3v) is 4.55. The molecule has 1 aliphatic rings. The lowest BCUT2D eigenvalue weighted by Gasteiger charge is -2.39. The van der Waals surface area contributed by atoms with Gasteiger partial charge in [0.2, 0.25) is 5.91 Å². The third-order valence-electron chi connectivity index (χ3n) is 4.55.